The maximum absolute atomic E-state index is 13.8. The van der Waals surface area contributed by atoms with Crippen LogP contribution in [0.25, 0.3) is 0 Å². The van der Waals surface area contributed by atoms with E-state index < -0.39 is 0 Å². The van der Waals surface area contributed by atoms with Gasteiger partial charge in [-0.15, -0.1) is 0 Å². The van der Waals surface area contributed by atoms with E-state index >= 15 is 0 Å². The molecule has 0 aromatic heterocycles. The van der Waals surface area contributed by atoms with Gasteiger partial charge in [0.2, 0.25) is 0 Å². The highest BCUT2D eigenvalue weighted by Crippen LogP contribution is 2.34. The van der Waals surface area contributed by atoms with Crippen LogP contribution in [0.1, 0.15) is 24.3 Å². The van der Waals surface area contributed by atoms with Gasteiger partial charge in [0.1, 0.15) is 5.82 Å². The van der Waals surface area contributed by atoms with Crippen molar-refractivity contribution in [2.75, 3.05) is 26.2 Å². The molecule has 1 fully saturated rings. The predicted molar refractivity (Wildman–Crippen MR) is 68.9 cm³/mol. The Morgan fingerprint density at radius 3 is 2.65 bits per heavy atom. The first kappa shape index (κ1) is 12.8. The summed E-state index contributed by atoms with van der Waals surface area (Å²) in [5.74, 6) is 0.0764. The van der Waals surface area contributed by atoms with E-state index in [-0.39, 0.29) is 11.7 Å². The van der Waals surface area contributed by atoms with Crippen LogP contribution in [-0.2, 0) is 0 Å². The van der Waals surface area contributed by atoms with Crippen LogP contribution >= 0.6 is 11.6 Å². The van der Waals surface area contributed by atoms with E-state index in [4.69, 9.17) is 17.3 Å². The molecule has 4 heteroatoms. The van der Waals surface area contributed by atoms with Gasteiger partial charge in [-0.2, -0.15) is 0 Å². The maximum atomic E-state index is 13.8. The molecule has 0 unspecified atom stereocenters. The highest BCUT2D eigenvalue weighted by molar-refractivity contribution is 6.31. The summed E-state index contributed by atoms with van der Waals surface area (Å²) in [6.07, 6.45) is 1.92. The number of nitrogens with zero attached hydrogens (tertiary/aromatic N) is 1. The number of hydrogen-bond donors (Lipinski definition) is 1. The van der Waals surface area contributed by atoms with Gasteiger partial charge in [-0.25, -0.2) is 4.39 Å². The molecule has 0 bridgehead atoms. The molecule has 1 aliphatic rings. The molecule has 2 rings (SSSR count). The molecule has 1 aliphatic heterocycles. The summed E-state index contributed by atoms with van der Waals surface area (Å²) in [4.78, 5) is 2.32. The molecule has 17 heavy (non-hydrogen) atoms. The molecule has 1 heterocycles. The van der Waals surface area contributed by atoms with Crippen LogP contribution < -0.4 is 5.73 Å². The van der Waals surface area contributed by atoms with Gasteiger partial charge < -0.3 is 10.6 Å². The smallest absolute Gasteiger partial charge is 0.128 e. The molecular weight excluding hydrogens is 239 g/mol. The number of benzene rings is 1. The molecular formula is C13H18ClFN2. The van der Waals surface area contributed by atoms with Gasteiger partial charge in [-0.3, -0.25) is 0 Å². The third kappa shape index (κ3) is 2.97. The Bertz CT molecular complexity index is 355. The number of rotatable bonds is 3. The van der Waals surface area contributed by atoms with Gasteiger partial charge in [-0.1, -0.05) is 17.7 Å². The molecule has 2 N–H and O–H groups in total. The van der Waals surface area contributed by atoms with Crippen LogP contribution in [-0.4, -0.2) is 31.1 Å². The van der Waals surface area contributed by atoms with Crippen LogP contribution in [0.4, 0.5) is 4.39 Å². The third-order valence-corrected chi connectivity index (χ3v) is 3.77. The fourth-order valence-electron chi connectivity index (χ4n) is 2.53. The molecule has 0 atom stereocenters. The summed E-state index contributed by atoms with van der Waals surface area (Å²) in [5, 5.41) is 0.558. The Morgan fingerprint density at radius 2 is 2.06 bits per heavy atom. The van der Waals surface area contributed by atoms with E-state index in [0.717, 1.165) is 32.5 Å². The third-order valence-electron chi connectivity index (χ3n) is 3.44. The van der Waals surface area contributed by atoms with E-state index in [0.29, 0.717) is 17.1 Å². The van der Waals surface area contributed by atoms with E-state index in [2.05, 4.69) is 4.90 Å². The first-order valence-electron chi connectivity index (χ1n) is 6.08. The molecule has 0 amide bonds. The van der Waals surface area contributed by atoms with Crippen molar-refractivity contribution in [3.63, 3.8) is 0 Å². The van der Waals surface area contributed by atoms with Crippen LogP contribution in [0.2, 0.25) is 5.02 Å². The largest absolute Gasteiger partial charge is 0.329 e. The molecule has 94 valence electrons. The van der Waals surface area contributed by atoms with Crippen molar-refractivity contribution in [3.8, 4) is 0 Å². The van der Waals surface area contributed by atoms with Crippen LogP contribution in [0.15, 0.2) is 18.2 Å². The zero-order valence-corrected chi connectivity index (χ0v) is 10.6. The monoisotopic (exact) mass is 256 g/mol. The minimum atomic E-state index is -0.172. The summed E-state index contributed by atoms with van der Waals surface area (Å²) >= 11 is 6.09. The maximum Gasteiger partial charge on any atom is 0.128 e. The lowest BCUT2D eigenvalue weighted by atomic mass is 9.89. The van der Waals surface area contributed by atoms with Gasteiger partial charge in [0.25, 0.3) is 0 Å². The van der Waals surface area contributed by atoms with Gasteiger partial charge in [0.05, 0.1) is 0 Å². The number of piperidine rings is 1. The number of likely N-dealkylation sites (tertiary alicyclic amines) is 1. The fraction of sp³-hybridized carbons (Fsp3) is 0.538. The Balaban J connectivity index is 2.05. The van der Waals surface area contributed by atoms with Crippen molar-refractivity contribution in [2.45, 2.75) is 18.8 Å². The normalized spacial score (nSPS) is 18.5. The molecule has 1 aromatic rings. The summed E-state index contributed by atoms with van der Waals surface area (Å²) in [7, 11) is 0. The molecule has 1 aromatic carbocycles. The molecule has 2 nitrogen and oxygen atoms in total. The molecule has 0 spiro atoms. The zero-order chi connectivity index (χ0) is 12.3. The second-order valence-electron chi connectivity index (χ2n) is 4.54. The lowest BCUT2D eigenvalue weighted by molar-refractivity contribution is 0.216. The van der Waals surface area contributed by atoms with Crippen molar-refractivity contribution < 1.29 is 4.39 Å². The first-order chi connectivity index (χ1) is 8.22. The second-order valence-corrected chi connectivity index (χ2v) is 4.95. The van der Waals surface area contributed by atoms with Crippen molar-refractivity contribution in [1.82, 2.24) is 4.90 Å². The highest BCUT2D eigenvalue weighted by Gasteiger charge is 2.24. The standard InChI is InChI=1S/C13H18ClFN2/c14-11-2-1-3-12(15)13(11)10-4-7-17(8-5-10)9-6-16/h1-3,10H,4-9,16H2. The van der Waals surface area contributed by atoms with Crippen LogP contribution in [0.3, 0.4) is 0 Å². The van der Waals surface area contributed by atoms with Gasteiger partial charge in [0, 0.05) is 23.7 Å². The average Bonchev–Trinajstić information content (AvgIpc) is 2.31. The van der Waals surface area contributed by atoms with Crippen LogP contribution in [0.5, 0.6) is 0 Å². The predicted octanol–water partition coefficient (Wildman–Crippen LogP) is 2.62. The van der Waals surface area contributed by atoms with E-state index in [1.807, 2.05) is 0 Å². The van der Waals surface area contributed by atoms with Crippen molar-refractivity contribution >= 4 is 11.6 Å². The van der Waals surface area contributed by atoms with Crippen molar-refractivity contribution in [3.05, 3.63) is 34.6 Å². The molecule has 0 radical (unpaired) electrons. The Kier molecular flexibility index (Phi) is 4.37. The summed E-state index contributed by atoms with van der Waals surface area (Å²) in [6, 6.07) is 4.92. The van der Waals surface area contributed by atoms with Crippen LogP contribution in [0, 0.1) is 5.82 Å². The highest BCUT2D eigenvalue weighted by atomic mass is 35.5. The molecule has 1 saturated heterocycles. The lowest BCUT2D eigenvalue weighted by Gasteiger charge is -2.32. The summed E-state index contributed by atoms with van der Waals surface area (Å²) < 4.78 is 13.8. The van der Waals surface area contributed by atoms with Gasteiger partial charge >= 0.3 is 0 Å². The first-order valence-corrected chi connectivity index (χ1v) is 6.46. The Labute approximate surface area is 107 Å². The molecule has 0 aliphatic carbocycles. The SMILES string of the molecule is NCCN1CCC(c2c(F)cccc2Cl)CC1. The summed E-state index contributed by atoms with van der Waals surface area (Å²) in [5.41, 5.74) is 6.23. The van der Waals surface area contributed by atoms with E-state index in [1.54, 1.807) is 12.1 Å². The van der Waals surface area contributed by atoms with Gasteiger partial charge in [-0.05, 0) is 44.0 Å². The number of nitrogens with two attached hydrogens (primary N) is 1. The minimum absolute atomic E-state index is 0.172. The topological polar surface area (TPSA) is 29.3 Å². The second kappa shape index (κ2) is 5.80. The average molecular weight is 257 g/mol. The van der Waals surface area contributed by atoms with E-state index in [1.165, 1.54) is 6.07 Å². The summed E-state index contributed by atoms with van der Waals surface area (Å²) in [6.45, 7) is 3.57. The fourth-order valence-corrected chi connectivity index (χ4v) is 2.85. The number of halogens is 2. The number of hydrogen-bond acceptors (Lipinski definition) is 2. The van der Waals surface area contributed by atoms with Crippen molar-refractivity contribution in [1.29, 1.82) is 0 Å². The molecule has 0 saturated carbocycles. The Morgan fingerprint density at radius 1 is 1.35 bits per heavy atom. The zero-order valence-electron chi connectivity index (χ0n) is 9.83. The lowest BCUT2D eigenvalue weighted by Crippen LogP contribution is -2.36. The minimum Gasteiger partial charge on any atom is -0.329 e. The van der Waals surface area contributed by atoms with E-state index in [9.17, 15) is 4.39 Å². The quantitative estimate of drug-likeness (QED) is 0.901. The Hall–Kier alpha value is -0.640. The van der Waals surface area contributed by atoms with Crippen molar-refractivity contribution in [2.24, 2.45) is 5.73 Å². The van der Waals surface area contributed by atoms with Gasteiger partial charge in [0.15, 0.2) is 0 Å².